The number of terminal acetylenes is 1. The minimum Gasteiger partial charge on any atom is -0.304 e. The predicted molar refractivity (Wildman–Crippen MR) is 57.0 cm³/mol. The Morgan fingerprint density at radius 2 is 2.08 bits per heavy atom. The van der Waals surface area contributed by atoms with Gasteiger partial charge in [-0.15, -0.1) is 12.3 Å². The SMILES string of the molecule is C#CCC(CCN(CC)CC)NN. The van der Waals surface area contributed by atoms with Crippen molar-refractivity contribution in [3.63, 3.8) is 0 Å². The smallest absolute Gasteiger partial charge is 0.0332 e. The fraction of sp³-hybridized carbons (Fsp3) is 0.800. The maximum atomic E-state index is 5.36. The maximum absolute atomic E-state index is 5.36. The molecule has 76 valence electrons. The van der Waals surface area contributed by atoms with E-state index in [0.717, 1.165) is 26.1 Å². The van der Waals surface area contributed by atoms with Crippen LogP contribution in [0.25, 0.3) is 0 Å². The second-order valence-electron chi connectivity index (χ2n) is 3.09. The molecular formula is C10H21N3. The standard InChI is InChI=1S/C10H21N3/c1-4-7-10(12-11)8-9-13(5-2)6-3/h1,10,12H,5-9,11H2,2-3H3. The normalized spacial score (nSPS) is 12.8. The molecule has 0 bridgehead atoms. The van der Waals surface area contributed by atoms with E-state index in [-0.39, 0.29) is 6.04 Å². The summed E-state index contributed by atoms with van der Waals surface area (Å²) in [6.07, 6.45) is 6.94. The molecule has 1 atom stereocenters. The summed E-state index contributed by atoms with van der Waals surface area (Å²) >= 11 is 0. The van der Waals surface area contributed by atoms with Crippen molar-refractivity contribution in [1.82, 2.24) is 10.3 Å². The number of nitrogens with one attached hydrogen (secondary N) is 1. The van der Waals surface area contributed by atoms with Gasteiger partial charge in [0.2, 0.25) is 0 Å². The maximum Gasteiger partial charge on any atom is 0.0332 e. The monoisotopic (exact) mass is 183 g/mol. The first-order chi connectivity index (χ1) is 6.28. The molecule has 0 fully saturated rings. The third-order valence-corrected chi connectivity index (χ3v) is 2.29. The molecule has 13 heavy (non-hydrogen) atoms. The second kappa shape index (κ2) is 8.06. The molecule has 0 aromatic heterocycles. The van der Waals surface area contributed by atoms with Gasteiger partial charge in [0.15, 0.2) is 0 Å². The molecule has 0 saturated carbocycles. The van der Waals surface area contributed by atoms with Gasteiger partial charge in [0.05, 0.1) is 0 Å². The van der Waals surface area contributed by atoms with E-state index < -0.39 is 0 Å². The quantitative estimate of drug-likeness (QED) is 0.344. The molecule has 0 aliphatic carbocycles. The molecule has 0 radical (unpaired) electrons. The van der Waals surface area contributed by atoms with Gasteiger partial charge < -0.3 is 4.90 Å². The lowest BCUT2D eigenvalue weighted by Gasteiger charge is -2.21. The van der Waals surface area contributed by atoms with Crippen LogP contribution in [0.4, 0.5) is 0 Å². The van der Waals surface area contributed by atoms with Crippen LogP contribution < -0.4 is 11.3 Å². The Hall–Kier alpha value is -0.560. The lowest BCUT2D eigenvalue weighted by Crippen LogP contribution is -2.38. The molecule has 0 spiro atoms. The van der Waals surface area contributed by atoms with Crippen LogP contribution in [0, 0.1) is 12.3 Å². The second-order valence-corrected chi connectivity index (χ2v) is 3.09. The summed E-state index contributed by atoms with van der Waals surface area (Å²) in [7, 11) is 0. The van der Waals surface area contributed by atoms with Crippen molar-refractivity contribution in [3.8, 4) is 12.3 Å². The predicted octanol–water partition coefficient (Wildman–Crippen LogP) is 0.574. The molecule has 3 nitrogen and oxygen atoms in total. The molecule has 0 saturated heterocycles. The molecule has 0 aliphatic heterocycles. The van der Waals surface area contributed by atoms with E-state index in [1.807, 2.05) is 0 Å². The number of hydrazine groups is 1. The van der Waals surface area contributed by atoms with E-state index in [2.05, 4.69) is 30.1 Å². The van der Waals surface area contributed by atoms with Gasteiger partial charge in [0.1, 0.15) is 0 Å². The van der Waals surface area contributed by atoms with Crippen LogP contribution >= 0.6 is 0 Å². The average Bonchev–Trinajstić information content (AvgIpc) is 2.17. The van der Waals surface area contributed by atoms with Crippen LogP contribution in [0.3, 0.4) is 0 Å². The molecule has 0 aliphatic rings. The molecule has 0 heterocycles. The van der Waals surface area contributed by atoms with E-state index in [0.29, 0.717) is 6.42 Å². The third-order valence-electron chi connectivity index (χ3n) is 2.29. The highest BCUT2D eigenvalue weighted by molar-refractivity contribution is 4.89. The summed E-state index contributed by atoms with van der Waals surface area (Å²) in [5.74, 6) is 7.98. The van der Waals surface area contributed by atoms with Crippen LogP contribution in [-0.4, -0.2) is 30.6 Å². The highest BCUT2D eigenvalue weighted by Crippen LogP contribution is 1.98. The van der Waals surface area contributed by atoms with Crippen molar-refractivity contribution in [1.29, 1.82) is 0 Å². The van der Waals surface area contributed by atoms with Gasteiger partial charge in [0.25, 0.3) is 0 Å². The van der Waals surface area contributed by atoms with Crippen molar-refractivity contribution in [2.75, 3.05) is 19.6 Å². The summed E-state index contributed by atoms with van der Waals surface area (Å²) in [5, 5.41) is 0. The van der Waals surface area contributed by atoms with Crippen molar-refractivity contribution in [2.24, 2.45) is 5.84 Å². The van der Waals surface area contributed by atoms with E-state index in [1.165, 1.54) is 0 Å². The van der Waals surface area contributed by atoms with Gasteiger partial charge in [-0.3, -0.25) is 11.3 Å². The van der Waals surface area contributed by atoms with Crippen LogP contribution in [0.5, 0.6) is 0 Å². The molecule has 0 aromatic carbocycles. The highest BCUT2D eigenvalue weighted by atomic mass is 15.2. The Labute approximate surface area is 81.6 Å². The highest BCUT2D eigenvalue weighted by Gasteiger charge is 2.06. The number of rotatable bonds is 7. The largest absolute Gasteiger partial charge is 0.304 e. The summed E-state index contributed by atoms with van der Waals surface area (Å²) in [6, 6.07) is 0.255. The average molecular weight is 183 g/mol. The third kappa shape index (κ3) is 5.64. The Balaban J connectivity index is 3.64. The van der Waals surface area contributed by atoms with Gasteiger partial charge in [-0.1, -0.05) is 13.8 Å². The summed E-state index contributed by atoms with van der Waals surface area (Å²) in [4.78, 5) is 2.36. The Bertz CT molecular complexity index is 147. The van der Waals surface area contributed by atoms with Gasteiger partial charge in [-0.25, -0.2) is 0 Å². The van der Waals surface area contributed by atoms with Crippen LogP contribution in [-0.2, 0) is 0 Å². The summed E-state index contributed by atoms with van der Waals surface area (Å²) in [5.41, 5.74) is 2.74. The van der Waals surface area contributed by atoms with Gasteiger partial charge in [-0.2, -0.15) is 0 Å². The first-order valence-corrected chi connectivity index (χ1v) is 4.90. The Kier molecular flexibility index (Phi) is 7.71. The molecule has 0 amide bonds. The fourth-order valence-electron chi connectivity index (χ4n) is 1.26. The van der Waals surface area contributed by atoms with E-state index >= 15 is 0 Å². The molecule has 3 heteroatoms. The lowest BCUT2D eigenvalue weighted by molar-refractivity contribution is 0.282. The molecular weight excluding hydrogens is 162 g/mol. The zero-order chi connectivity index (χ0) is 10.1. The Morgan fingerprint density at radius 1 is 1.46 bits per heavy atom. The van der Waals surface area contributed by atoms with Crippen LogP contribution in [0.1, 0.15) is 26.7 Å². The number of hydrogen-bond acceptors (Lipinski definition) is 3. The van der Waals surface area contributed by atoms with E-state index in [9.17, 15) is 0 Å². The first-order valence-electron chi connectivity index (χ1n) is 4.90. The lowest BCUT2D eigenvalue weighted by atomic mass is 10.1. The van der Waals surface area contributed by atoms with Crippen LogP contribution in [0.15, 0.2) is 0 Å². The zero-order valence-corrected chi connectivity index (χ0v) is 8.71. The van der Waals surface area contributed by atoms with Crippen molar-refractivity contribution in [3.05, 3.63) is 0 Å². The Morgan fingerprint density at radius 3 is 2.46 bits per heavy atom. The molecule has 0 aromatic rings. The molecule has 0 rings (SSSR count). The van der Waals surface area contributed by atoms with Crippen molar-refractivity contribution >= 4 is 0 Å². The topological polar surface area (TPSA) is 41.3 Å². The van der Waals surface area contributed by atoms with Crippen LogP contribution in [0.2, 0.25) is 0 Å². The van der Waals surface area contributed by atoms with Gasteiger partial charge >= 0.3 is 0 Å². The minimum atomic E-state index is 0.255. The van der Waals surface area contributed by atoms with E-state index in [1.54, 1.807) is 0 Å². The first kappa shape index (κ1) is 12.4. The molecule has 1 unspecified atom stereocenters. The van der Waals surface area contributed by atoms with Crippen molar-refractivity contribution < 1.29 is 0 Å². The number of nitrogens with zero attached hydrogens (tertiary/aromatic N) is 1. The van der Waals surface area contributed by atoms with Gasteiger partial charge in [-0.05, 0) is 26.1 Å². The van der Waals surface area contributed by atoms with Gasteiger partial charge in [0, 0.05) is 12.5 Å². The summed E-state index contributed by atoms with van der Waals surface area (Å²) < 4.78 is 0. The number of nitrogens with two attached hydrogens (primary N) is 1. The van der Waals surface area contributed by atoms with Crippen molar-refractivity contribution in [2.45, 2.75) is 32.7 Å². The zero-order valence-electron chi connectivity index (χ0n) is 8.71. The van der Waals surface area contributed by atoms with E-state index in [4.69, 9.17) is 12.3 Å². The summed E-state index contributed by atoms with van der Waals surface area (Å²) in [6.45, 7) is 7.56. The number of hydrogen-bond donors (Lipinski definition) is 2. The fourth-order valence-corrected chi connectivity index (χ4v) is 1.26. The molecule has 3 N–H and O–H groups in total. The minimum absolute atomic E-state index is 0.255.